The van der Waals surface area contributed by atoms with Crippen LogP contribution in [0.3, 0.4) is 0 Å². The van der Waals surface area contributed by atoms with Gasteiger partial charge in [-0.15, -0.1) is 0 Å². The van der Waals surface area contributed by atoms with Crippen molar-refractivity contribution >= 4 is 51.1 Å². The molecule has 0 amide bonds. The monoisotopic (exact) mass is 497 g/mol. The zero-order valence-corrected chi connectivity index (χ0v) is 19.8. The lowest BCUT2D eigenvalue weighted by atomic mass is 9.95. The number of hydrogen-bond acceptors (Lipinski definition) is 8. The lowest BCUT2D eigenvalue weighted by Gasteiger charge is -2.28. The molecule has 0 heterocycles. The summed E-state index contributed by atoms with van der Waals surface area (Å²) in [5, 5.41) is 15.1. The van der Waals surface area contributed by atoms with Gasteiger partial charge in [0.2, 0.25) is 0 Å². The van der Waals surface area contributed by atoms with Crippen LogP contribution < -0.4 is 5.32 Å². The van der Waals surface area contributed by atoms with Gasteiger partial charge in [-0.25, -0.2) is 0 Å². The van der Waals surface area contributed by atoms with Crippen molar-refractivity contribution in [2.24, 2.45) is 0 Å². The van der Waals surface area contributed by atoms with Gasteiger partial charge in [-0.05, 0) is 23.8 Å². The van der Waals surface area contributed by atoms with Crippen LogP contribution in [0.1, 0.15) is 5.56 Å². The number of halogens is 2. The molecule has 0 aliphatic heterocycles. The van der Waals surface area contributed by atoms with Crippen LogP contribution in [0.5, 0.6) is 0 Å². The molecule has 2 atom stereocenters. The highest BCUT2D eigenvalue weighted by molar-refractivity contribution is 7.33. The average Bonchev–Trinajstić information content (AvgIpc) is 2.74. The molecule has 2 N–H and O–H groups in total. The van der Waals surface area contributed by atoms with Crippen LogP contribution in [-0.4, -0.2) is 38.1 Å². The molecule has 0 bridgehead atoms. The molecular weight excluding hydrogens is 475 g/mol. The van der Waals surface area contributed by atoms with Gasteiger partial charge in [0.1, 0.15) is 5.60 Å². The van der Waals surface area contributed by atoms with E-state index in [1.54, 1.807) is 42.5 Å². The van der Waals surface area contributed by atoms with E-state index in [-0.39, 0.29) is 19.6 Å². The zero-order valence-electron chi connectivity index (χ0n) is 16.3. The van der Waals surface area contributed by atoms with Crippen molar-refractivity contribution in [2.75, 3.05) is 32.8 Å². The van der Waals surface area contributed by atoms with Gasteiger partial charge < -0.3 is 28.5 Å². The first-order valence-corrected chi connectivity index (χ1v) is 11.9. The van der Waals surface area contributed by atoms with Crippen LogP contribution in [0, 0.1) is 0 Å². The molecule has 0 spiro atoms. The Bertz CT molecular complexity index is 860. The largest absolute Gasteiger partial charge is 0.385 e. The maximum atomic E-state index is 11.6. The van der Waals surface area contributed by atoms with Gasteiger partial charge in [-0.3, -0.25) is 9.13 Å². The molecule has 0 saturated heterocycles. The standard InChI is InChI=1S/C18H23Cl2NO7P2/c1-25-29(23)27-11-18(22,12-28-30(24)26-2)10-13-6-3-4-9-16(13)21-17-14(19)7-5-8-15(17)20/h3-9,21-22,29-30H,10-12H2,1-2H3. The van der Waals surface area contributed by atoms with Crippen LogP contribution in [-0.2, 0) is 33.6 Å². The maximum absolute atomic E-state index is 11.6. The van der Waals surface area contributed by atoms with E-state index in [4.69, 9.17) is 32.2 Å². The molecule has 0 saturated carbocycles. The molecule has 30 heavy (non-hydrogen) atoms. The summed E-state index contributed by atoms with van der Waals surface area (Å²) in [5.74, 6) is 0. The van der Waals surface area contributed by atoms with E-state index in [1.165, 1.54) is 14.2 Å². The van der Waals surface area contributed by atoms with Gasteiger partial charge in [-0.1, -0.05) is 47.5 Å². The lowest BCUT2D eigenvalue weighted by molar-refractivity contribution is -0.0412. The van der Waals surface area contributed by atoms with Crippen LogP contribution >= 0.6 is 39.7 Å². The van der Waals surface area contributed by atoms with E-state index in [0.29, 0.717) is 27.0 Å². The average molecular weight is 498 g/mol. The Hall–Kier alpha value is -0.920. The SMILES string of the molecule is CO[PH](=O)OCC(O)(CO[PH](=O)OC)Cc1ccccc1Nc1c(Cl)cccc1Cl. The van der Waals surface area contributed by atoms with Crippen molar-refractivity contribution in [3.05, 3.63) is 58.1 Å². The normalized spacial score (nSPS) is 15.4. The van der Waals surface area contributed by atoms with E-state index < -0.39 is 22.1 Å². The first-order chi connectivity index (χ1) is 14.3. The van der Waals surface area contributed by atoms with E-state index in [0.717, 1.165) is 0 Å². The van der Waals surface area contributed by atoms with Crippen LogP contribution in [0.2, 0.25) is 10.0 Å². The third-order valence-corrected chi connectivity index (χ3v) is 6.07. The minimum Gasteiger partial charge on any atom is -0.385 e. The smallest absolute Gasteiger partial charge is 0.318 e. The molecule has 0 fully saturated rings. The van der Waals surface area contributed by atoms with Crippen molar-refractivity contribution in [1.82, 2.24) is 0 Å². The van der Waals surface area contributed by atoms with Crippen molar-refractivity contribution in [1.29, 1.82) is 0 Å². The minimum atomic E-state index is -2.78. The maximum Gasteiger partial charge on any atom is 0.318 e. The van der Waals surface area contributed by atoms with E-state index in [1.807, 2.05) is 0 Å². The Morgan fingerprint density at radius 2 is 1.47 bits per heavy atom. The number of benzene rings is 2. The summed E-state index contributed by atoms with van der Waals surface area (Å²) < 4.78 is 42.5. The first-order valence-electron chi connectivity index (χ1n) is 8.71. The van der Waals surface area contributed by atoms with Crippen molar-refractivity contribution in [3.8, 4) is 0 Å². The third kappa shape index (κ3) is 7.65. The van der Waals surface area contributed by atoms with Crippen LogP contribution in [0.25, 0.3) is 0 Å². The number of anilines is 2. The summed E-state index contributed by atoms with van der Waals surface area (Å²) in [4.78, 5) is 0. The van der Waals surface area contributed by atoms with Crippen molar-refractivity contribution in [2.45, 2.75) is 12.0 Å². The minimum absolute atomic E-state index is 0.00989. The molecule has 0 aromatic heterocycles. The summed E-state index contributed by atoms with van der Waals surface area (Å²) >= 11 is 12.5. The summed E-state index contributed by atoms with van der Waals surface area (Å²) in [6.45, 7) is -0.753. The van der Waals surface area contributed by atoms with Gasteiger partial charge in [0.15, 0.2) is 0 Å². The Kier molecular flexibility index (Phi) is 10.3. The van der Waals surface area contributed by atoms with E-state index >= 15 is 0 Å². The van der Waals surface area contributed by atoms with Gasteiger partial charge in [0.25, 0.3) is 0 Å². The summed E-state index contributed by atoms with van der Waals surface area (Å²) in [6, 6.07) is 12.3. The molecule has 0 aliphatic carbocycles. The molecule has 2 rings (SSSR count). The number of para-hydroxylation sites is 2. The number of nitrogens with one attached hydrogen (secondary N) is 1. The van der Waals surface area contributed by atoms with Gasteiger partial charge in [-0.2, -0.15) is 0 Å². The molecule has 2 aromatic carbocycles. The fourth-order valence-corrected chi connectivity index (χ4v) is 4.05. The summed E-state index contributed by atoms with van der Waals surface area (Å²) in [5.41, 5.74) is 0.139. The van der Waals surface area contributed by atoms with Crippen LogP contribution in [0.4, 0.5) is 11.4 Å². The molecule has 166 valence electrons. The molecule has 2 aromatic rings. The van der Waals surface area contributed by atoms with Gasteiger partial charge >= 0.3 is 16.5 Å². The Labute approximate surface area is 186 Å². The zero-order chi connectivity index (χ0) is 22.1. The third-order valence-electron chi connectivity index (χ3n) is 4.01. The highest BCUT2D eigenvalue weighted by atomic mass is 35.5. The Balaban J connectivity index is 2.28. The van der Waals surface area contributed by atoms with Crippen molar-refractivity contribution < 1.29 is 32.3 Å². The first kappa shape index (κ1) is 25.3. The second-order valence-electron chi connectivity index (χ2n) is 6.27. The quantitative estimate of drug-likeness (QED) is 0.389. The predicted octanol–water partition coefficient (Wildman–Crippen LogP) is 5.12. The molecule has 0 aliphatic rings. The second kappa shape index (κ2) is 12.2. The number of hydrogen-bond donors (Lipinski definition) is 2. The molecule has 2 unspecified atom stereocenters. The van der Waals surface area contributed by atoms with E-state index in [9.17, 15) is 14.2 Å². The molecule has 0 radical (unpaired) electrons. The lowest BCUT2D eigenvalue weighted by Crippen LogP contribution is -2.41. The Morgan fingerprint density at radius 1 is 0.933 bits per heavy atom. The fraction of sp³-hybridized carbons (Fsp3) is 0.333. The van der Waals surface area contributed by atoms with Gasteiger partial charge in [0.05, 0.1) is 28.9 Å². The molecule has 12 heteroatoms. The summed E-state index contributed by atoms with van der Waals surface area (Å²) in [6.07, 6.45) is 0.00989. The number of rotatable bonds is 12. The van der Waals surface area contributed by atoms with Crippen molar-refractivity contribution in [3.63, 3.8) is 0 Å². The molecule has 8 nitrogen and oxygen atoms in total. The highest BCUT2D eigenvalue weighted by Gasteiger charge is 2.31. The van der Waals surface area contributed by atoms with Crippen LogP contribution in [0.15, 0.2) is 42.5 Å². The highest BCUT2D eigenvalue weighted by Crippen LogP contribution is 2.35. The number of aliphatic hydroxyl groups is 1. The topological polar surface area (TPSA) is 103 Å². The Morgan fingerprint density at radius 3 is 2.00 bits per heavy atom. The molecular formula is C18H23Cl2NO7P2. The second-order valence-corrected chi connectivity index (χ2v) is 9.47. The summed E-state index contributed by atoms with van der Waals surface area (Å²) in [7, 11) is -3.11. The van der Waals surface area contributed by atoms with E-state index in [2.05, 4.69) is 14.4 Å². The van der Waals surface area contributed by atoms with Gasteiger partial charge in [0, 0.05) is 26.3 Å². The fourth-order valence-electron chi connectivity index (χ4n) is 2.55. The predicted molar refractivity (Wildman–Crippen MR) is 119 cm³/mol.